The summed E-state index contributed by atoms with van der Waals surface area (Å²) in [4.78, 5) is 0. The van der Waals surface area contributed by atoms with E-state index in [1.807, 2.05) is 18.2 Å². The van der Waals surface area contributed by atoms with Gasteiger partial charge in [0, 0.05) is 5.56 Å². The van der Waals surface area contributed by atoms with Crippen LogP contribution in [0.25, 0.3) is 11.1 Å². The van der Waals surface area contributed by atoms with E-state index in [0.29, 0.717) is 16.0 Å². The van der Waals surface area contributed by atoms with Gasteiger partial charge < -0.3 is 5.32 Å². The van der Waals surface area contributed by atoms with Gasteiger partial charge in [0.1, 0.15) is 5.82 Å². The van der Waals surface area contributed by atoms with E-state index in [-0.39, 0.29) is 5.82 Å². The summed E-state index contributed by atoms with van der Waals surface area (Å²) in [6.07, 6.45) is 2.07. The van der Waals surface area contributed by atoms with Crippen molar-refractivity contribution in [2.24, 2.45) is 0 Å². The molecule has 0 unspecified atom stereocenters. The molecule has 0 aromatic heterocycles. The lowest BCUT2D eigenvalue weighted by atomic mass is 9.88. The molecule has 110 valence electrons. The Labute approximate surface area is 134 Å². The number of benzene rings is 2. The van der Waals surface area contributed by atoms with E-state index in [0.717, 1.165) is 42.6 Å². The van der Waals surface area contributed by atoms with Gasteiger partial charge in [-0.15, -0.1) is 0 Å². The molecule has 1 N–H and O–H groups in total. The fraction of sp³-hybridized carbons (Fsp3) is 0.294. The fourth-order valence-corrected chi connectivity index (χ4v) is 3.30. The minimum atomic E-state index is -0.225. The maximum Gasteiger partial charge on any atom is 0.124 e. The zero-order chi connectivity index (χ0) is 14.8. The first-order valence-electron chi connectivity index (χ1n) is 7.11. The molecule has 2 aromatic carbocycles. The van der Waals surface area contributed by atoms with Crippen molar-refractivity contribution < 1.29 is 4.39 Å². The van der Waals surface area contributed by atoms with E-state index in [2.05, 4.69) is 5.32 Å². The van der Waals surface area contributed by atoms with Crippen LogP contribution < -0.4 is 5.32 Å². The summed E-state index contributed by atoms with van der Waals surface area (Å²) in [5.41, 5.74) is 2.61. The lowest BCUT2D eigenvalue weighted by Gasteiger charge is -2.23. The zero-order valence-corrected chi connectivity index (χ0v) is 13.0. The molecule has 1 saturated heterocycles. The molecular weight excluding hydrogens is 308 g/mol. The Balaban J connectivity index is 2.03. The van der Waals surface area contributed by atoms with Gasteiger partial charge in [0.2, 0.25) is 0 Å². The first-order valence-corrected chi connectivity index (χ1v) is 7.86. The summed E-state index contributed by atoms with van der Waals surface area (Å²) in [6.45, 7) is 1.96. The third kappa shape index (κ3) is 3.23. The number of piperidine rings is 1. The van der Waals surface area contributed by atoms with Gasteiger partial charge in [-0.2, -0.15) is 0 Å². The molecule has 1 aliphatic heterocycles. The second-order valence-corrected chi connectivity index (χ2v) is 6.18. The van der Waals surface area contributed by atoms with E-state index in [1.165, 1.54) is 6.07 Å². The summed E-state index contributed by atoms with van der Waals surface area (Å²) in [5, 5.41) is 4.29. The van der Waals surface area contributed by atoms with E-state index in [9.17, 15) is 4.39 Å². The molecule has 0 atom stereocenters. The molecule has 0 amide bonds. The molecule has 1 heterocycles. The minimum Gasteiger partial charge on any atom is -0.317 e. The maximum absolute atomic E-state index is 14.0. The maximum atomic E-state index is 14.0. The van der Waals surface area contributed by atoms with Gasteiger partial charge in [0.25, 0.3) is 0 Å². The first-order chi connectivity index (χ1) is 10.1. The molecule has 0 spiro atoms. The van der Waals surface area contributed by atoms with Crippen LogP contribution >= 0.6 is 23.2 Å². The summed E-state index contributed by atoms with van der Waals surface area (Å²) in [6, 6.07) is 10.6. The summed E-state index contributed by atoms with van der Waals surface area (Å²) < 4.78 is 14.0. The molecule has 0 saturated carbocycles. The highest BCUT2D eigenvalue weighted by Crippen LogP contribution is 2.36. The van der Waals surface area contributed by atoms with Gasteiger partial charge in [-0.3, -0.25) is 0 Å². The first kappa shape index (κ1) is 14.8. The highest BCUT2D eigenvalue weighted by atomic mass is 35.5. The number of halogens is 3. The van der Waals surface area contributed by atoms with Gasteiger partial charge in [0.15, 0.2) is 0 Å². The molecule has 4 heteroatoms. The second kappa shape index (κ2) is 6.35. The average Bonchev–Trinajstić information content (AvgIpc) is 2.50. The Kier molecular flexibility index (Phi) is 4.48. The van der Waals surface area contributed by atoms with Crippen molar-refractivity contribution in [1.82, 2.24) is 5.32 Å². The molecule has 0 bridgehead atoms. The van der Waals surface area contributed by atoms with Crippen LogP contribution in [0.15, 0.2) is 36.4 Å². The molecule has 21 heavy (non-hydrogen) atoms. The van der Waals surface area contributed by atoms with Crippen molar-refractivity contribution in [3.63, 3.8) is 0 Å². The van der Waals surface area contributed by atoms with Crippen molar-refractivity contribution in [2.45, 2.75) is 18.8 Å². The monoisotopic (exact) mass is 323 g/mol. The molecular formula is C17H16Cl2FN. The number of hydrogen-bond donors (Lipinski definition) is 1. The number of rotatable bonds is 2. The van der Waals surface area contributed by atoms with Gasteiger partial charge in [-0.05, 0) is 61.2 Å². The van der Waals surface area contributed by atoms with Gasteiger partial charge >= 0.3 is 0 Å². The van der Waals surface area contributed by atoms with E-state index < -0.39 is 0 Å². The largest absolute Gasteiger partial charge is 0.317 e. The third-order valence-corrected chi connectivity index (χ3v) is 4.81. The second-order valence-electron chi connectivity index (χ2n) is 5.40. The van der Waals surface area contributed by atoms with Crippen LogP contribution in [-0.2, 0) is 0 Å². The van der Waals surface area contributed by atoms with Crippen LogP contribution in [0.5, 0.6) is 0 Å². The molecule has 0 radical (unpaired) electrons. The van der Waals surface area contributed by atoms with E-state index in [4.69, 9.17) is 23.2 Å². The van der Waals surface area contributed by atoms with Crippen molar-refractivity contribution in [3.05, 3.63) is 57.8 Å². The van der Waals surface area contributed by atoms with Crippen LogP contribution in [0.1, 0.15) is 24.3 Å². The minimum absolute atomic E-state index is 0.225. The van der Waals surface area contributed by atoms with E-state index >= 15 is 0 Å². The molecule has 1 nitrogen and oxygen atoms in total. The van der Waals surface area contributed by atoms with Crippen molar-refractivity contribution in [2.75, 3.05) is 13.1 Å². The smallest absolute Gasteiger partial charge is 0.124 e. The van der Waals surface area contributed by atoms with Gasteiger partial charge in [-0.25, -0.2) is 4.39 Å². The third-order valence-electron chi connectivity index (χ3n) is 3.99. The Bertz CT molecular complexity index is 651. The van der Waals surface area contributed by atoms with Crippen molar-refractivity contribution in [1.29, 1.82) is 0 Å². The van der Waals surface area contributed by atoms with Crippen LogP contribution in [0.2, 0.25) is 10.0 Å². The van der Waals surface area contributed by atoms with Crippen LogP contribution in [0, 0.1) is 5.82 Å². The molecule has 1 fully saturated rings. The van der Waals surface area contributed by atoms with Crippen LogP contribution in [0.4, 0.5) is 4.39 Å². The highest BCUT2D eigenvalue weighted by molar-refractivity contribution is 6.43. The Hall–Kier alpha value is -1.09. The molecule has 0 aliphatic carbocycles. The van der Waals surface area contributed by atoms with Gasteiger partial charge in [0.05, 0.1) is 10.0 Å². The molecule has 2 aromatic rings. The van der Waals surface area contributed by atoms with Crippen LogP contribution in [0.3, 0.4) is 0 Å². The Morgan fingerprint density at radius 2 is 1.81 bits per heavy atom. The zero-order valence-electron chi connectivity index (χ0n) is 11.5. The van der Waals surface area contributed by atoms with Crippen LogP contribution in [-0.4, -0.2) is 13.1 Å². The lowest BCUT2D eigenvalue weighted by molar-refractivity contribution is 0.458. The number of hydrogen-bond acceptors (Lipinski definition) is 1. The fourth-order valence-electron chi connectivity index (χ4n) is 2.89. The Morgan fingerprint density at radius 3 is 2.57 bits per heavy atom. The van der Waals surface area contributed by atoms with Crippen molar-refractivity contribution in [3.8, 4) is 11.1 Å². The van der Waals surface area contributed by atoms with Crippen molar-refractivity contribution >= 4 is 23.2 Å². The summed E-state index contributed by atoms with van der Waals surface area (Å²) >= 11 is 12.3. The normalized spacial score (nSPS) is 16.1. The SMILES string of the molecule is Fc1cc(-c2cccc(Cl)c2Cl)cc(C2CCNCC2)c1. The predicted octanol–water partition coefficient (Wildman–Crippen LogP) is 5.27. The quantitative estimate of drug-likeness (QED) is 0.794. The summed E-state index contributed by atoms with van der Waals surface area (Å²) in [7, 11) is 0. The number of nitrogens with one attached hydrogen (secondary N) is 1. The van der Waals surface area contributed by atoms with E-state index in [1.54, 1.807) is 12.1 Å². The Morgan fingerprint density at radius 1 is 1.05 bits per heavy atom. The average molecular weight is 324 g/mol. The predicted molar refractivity (Wildman–Crippen MR) is 86.7 cm³/mol. The molecule has 3 rings (SSSR count). The van der Waals surface area contributed by atoms with Gasteiger partial charge in [-0.1, -0.05) is 41.4 Å². The summed E-state index contributed by atoms with van der Waals surface area (Å²) in [5.74, 6) is 0.177. The highest BCUT2D eigenvalue weighted by Gasteiger charge is 2.17. The molecule has 1 aliphatic rings. The lowest BCUT2D eigenvalue weighted by Crippen LogP contribution is -2.26. The standard InChI is InChI=1S/C17H16Cl2FN/c18-16-3-1-2-15(17(16)19)13-8-12(9-14(20)10-13)11-4-6-21-7-5-11/h1-3,8-11,21H,4-7H2. The topological polar surface area (TPSA) is 12.0 Å².